The van der Waals surface area contributed by atoms with Crippen molar-refractivity contribution in [2.24, 2.45) is 0 Å². The van der Waals surface area contributed by atoms with E-state index in [0.29, 0.717) is 16.9 Å². The molecule has 1 aromatic heterocycles. The van der Waals surface area contributed by atoms with Gasteiger partial charge in [0.2, 0.25) is 0 Å². The number of benzene rings is 1. The van der Waals surface area contributed by atoms with Crippen LogP contribution in [0.25, 0.3) is 0 Å². The van der Waals surface area contributed by atoms with Crippen LogP contribution in [-0.2, 0) is 11.2 Å². The highest BCUT2D eigenvalue weighted by Crippen LogP contribution is 2.30. The average Bonchev–Trinajstić information content (AvgIpc) is 2.79. The summed E-state index contributed by atoms with van der Waals surface area (Å²) in [4.78, 5) is 14.6. The molecule has 0 saturated carbocycles. The molecule has 0 aliphatic heterocycles. The largest absolute Gasteiger partial charge is 0.481 e. The van der Waals surface area contributed by atoms with E-state index >= 15 is 0 Å². The van der Waals surface area contributed by atoms with Gasteiger partial charge < -0.3 is 10.4 Å². The normalized spacial score (nSPS) is 10.6. The lowest BCUT2D eigenvalue weighted by Crippen LogP contribution is -1.99. The van der Waals surface area contributed by atoms with E-state index in [2.05, 4.69) is 10.3 Å². The molecule has 2 N–H and O–H groups in total. The van der Waals surface area contributed by atoms with Crippen molar-refractivity contribution in [1.82, 2.24) is 4.98 Å². The van der Waals surface area contributed by atoms with Crippen LogP contribution in [0, 0.1) is 11.6 Å². The van der Waals surface area contributed by atoms with Gasteiger partial charge in [0, 0.05) is 17.9 Å². The summed E-state index contributed by atoms with van der Waals surface area (Å²) in [5.74, 6) is -2.50. The number of hydrogen-bond acceptors (Lipinski definition) is 4. The van der Waals surface area contributed by atoms with Crippen molar-refractivity contribution in [1.29, 1.82) is 0 Å². The van der Waals surface area contributed by atoms with Crippen LogP contribution in [0.4, 0.5) is 19.6 Å². The maximum atomic E-state index is 13.6. The third-order valence-corrected chi connectivity index (χ3v) is 3.49. The smallest absolute Gasteiger partial charge is 0.303 e. The van der Waals surface area contributed by atoms with Gasteiger partial charge in [0.05, 0.1) is 22.8 Å². The highest BCUT2D eigenvalue weighted by Gasteiger charge is 2.12. The average molecular weight is 319 g/mol. The second kappa shape index (κ2) is 6.15. The molecule has 2 aromatic rings. The number of thiazole rings is 1. The summed E-state index contributed by atoms with van der Waals surface area (Å²) in [7, 11) is 0. The first-order valence-corrected chi connectivity index (χ1v) is 6.79. The highest BCUT2D eigenvalue weighted by atomic mass is 35.5. The molecule has 0 radical (unpaired) electrons. The Morgan fingerprint density at radius 3 is 2.85 bits per heavy atom. The van der Waals surface area contributed by atoms with Crippen molar-refractivity contribution >= 4 is 39.7 Å². The van der Waals surface area contributed by atoms with Crippen molar-refractivity contribution in [3.8, 4) is 0 Å². The molecule has 20 heavy (non-hydrogen) atoms. The quantitative estimate of drug-likeness (QED) is 0.879. The Hall–Kier alpha value is -1.73. The monoisotopic (exact) mass is 318 g/mol. The molecule has 0 fully saturated rings. The first kappa shape index (κ1) is 14.7. The van der Waals surface area contributed by atoms with E-state index in [1.807, 2.05) is 0 Å². The fourth-order valence-electron chi connectivity index (χ4n) is 1.48. The molecule has 0 atom stereocenters. The Kier molecular flexibility index (Phi) is 4.51. The summed E-state index contributed by atoms with van der Waals surface area (Å²) in [6, 6.07) is 1.71. The molecule has 1 heterocycles. The number of hydrogen-bond donors (Lipinski definition) is 2. The maximum Gasteiger partial charge on any atom is 0.303 e. The third-order valence-electron chi connectivity index (χ3n) is 2.39. The number of aryl methyl sites for hydroxylation is 1. The van der Waals surface area contributed by atoms with E-state index in [-0.39, 0.29) is 23.6 Å². The lowest BCUT2D eigenvalue weighted by Gasteiger charge is -2.06. The molecule has 0 spiro atoms. The van der Waals surface area contributed by atoms with E-state index < -0.39 is 17.6 Å². The van der Waals surface area contributed by atoms with E-state index in [9.17, 15) is 13.6 Å². The number of carboxylic acids is 1. The Bertz CT molecular complexity index is 625. The van der Waals surface area contributed by atoms with Gasteiger partial charge in [-0.05, 0) is 6.07 Å². The number of aliphatic carboxylic acids is 1. The van der Waals surface area contributed by atoms with Crippen molar-refractivity contribution in [3.05, 3.63) is 39.9 Å². The zero-order chi connectivity index (χ0) is 14.7. The molecule has 0 bridgehead atoms. The number of anilines is 2. The highest BCUT2D eigenvalue weighted by molar-refractivity contribution is 7.13. The van der Waals surface area contributed by atoms with Gasteiger partial charge >= 0.3 is 5.97 Å². The van der Waals surface area contributed by atoms with E-state index in [1.165, 1.54) is 11.3 Å². The zero-order valence-corrected chi connectivity index (χ0v) is 11.6. The molecule has 106 valence electrons. The second-order valence-corrected chi connectivity index (χ2v) is 5.17. The van der Waals surface area contributed by atoms with E-state index in [4.69, 9.17) is 16.7 Å². The first-order chi connectivity index (χ1) is 9.45. The maximum absolute atomic E-state index is 13.6. The SMILES string of the molecule is O=C(O)CCc1csc(Nc2c(F)cc(F)cc2Cl)n1. The van der Waals surface area contributed by atoms with Crippen LogP contribution in [0.3, 0.4) is 0 Å². The number of rotatable bonds is 5. The molecule has 4 nitrogen and oxygen atoms in total. The molecule has 8 heteroatoms. The van der Waals surface area contributed by atoms with Crippen molar-refractivity contribution in [3.63, 3.8) is 0 Å². The second-order valence-electron chi connectivity index (χ2n) is 3.91. The number of carbonyl (C=O) groups is 1. The summed E-state index contributed by atoms with van der Waals surface area (Å²) in [6.45, 7) is 0. The lowest BCUT2D eigenvalue weighted by molar-refractivity contribution is -0.136. The van der Waals surface area contributed by atoms with Crippen LogP contribution >= 0.6 is 22.9 Å². The van der Waals surface area contributed by atoms with Crippen molar-refractivity contribution < 1.29 is 18.7 Å². The number of halogens is 3. The van der Waals surface area contributed by atoms with Crippen LogP contribution < -0.4 is 5.32 Å². The molecule has 2 rings (SSSR count). The minimum Gasteiger partial charge on any atom is -0.481 e. The van der Waals surface area contributed by atoms with Gasteiger partial charge in [-0.3, -0.25) is 4.79 Å². The number of nitrogens with zero attached hydrogens (tertiary/aromatic N) is 1. The first-order valence-electron chi connectivity index (χ1n) is 5.53. The standard InChI is InChI=1S/C12H9ClF2N2O2S/c13-8-3-6(14)4-9(15)11(8)17-12-16-7(5-20-12)1-2-10(18)19/h3-5H,1-2H2,(H,16,17)(H,18,19). The fourth-order valence-corrected chi connectivity index (χ4v) is 2.47. The number of carboxylic acid groups (broad SMARTS) is 1. The van der Waals surface area contributed by atoms with Gasteiger partial charge in [0.1, 0.15) is 5.82 Å². The summed E-state index contributed by atoms with van der Waals surface area (Å²) in [6.07, 6.45) is 0.252. The summed E-state index contributed by atoms with van der Waals surface area (Å²) in [5, 5.41) is 13.2. The molecule has 0 saturated heterocycles. The fraction of sp³-hybridized carbons (Fsp3) is 0.167. The van der Waals surface area contributed by atoms with Crippen LogP contribution in [0.5, 0.6) is 0 Å². The van der Waals surface area contributed by atoms with Crippen LogP contribution in [0.1, 0.15) is 12.1 Å². The third kappa shape index (κ3) is 3.64. The Balaban J connectivity index is 2.13. The van der Waals surface area contributed by atoms with Gasteiger partial charge in [-0.1, -0.05) is 11.6 Å². The minimum absolute atomic E-state index is 0.0329. The van der Waals surface area contributed by atoms with Gasteiger partial charge in [-0.15, -0.1) is 11.3 Å². The molecular formula is C12H9ClF2N2O2S. The molecule has 0 aliphatic carbocycles. The van der Waals surface area contributed by atoms with Crippen LogP contribution in [0.2, 0.25) is 5.02 Å². The van der Waals surface area contributed by atoms with Crippen molar-refractivity contribution in [2.45, 2.75) is 12.8 Å². The molecule has 0 unspecified atom stereocenters. The van der Waals surface area contributed by atoms with Gasteiger partial charge in [0.15, 0.2) is 10.9 Å². The summed E-state index contributed by atoms with van der Waals surface area (Å²) in [5.41, 5.74) is 0.519. The molecule has 1 aromatic carbocycles. The zero-order valence-electron chi connectivity index (χ0n) is 9.99. The van der Waals surface area contributed by atoms with Gasteiger partial charge in [0.25, 0.3) is 0 Å². The summed E-state index contributed by atoms with van der Waals surface area (Å²) < 4.78 is 26.5. The predicted octanol–water partition coefficient (Wildman–Crippen LogP) is 3.84. The van der Waals surface area contributed by atoms with Crippen LogP contribution in [-0.4, -0.2) is 16.1 Å². The number of aromatic nitrogens is 1. The van der Waals surface area contributed by atoms with Gasteiger partial charge in [-0.2, -0.15) is 0 Å². The van der Waals surface area contributed by atoms with Crippen molar-refractivity contribution in [2.75, 3.05) is 5.32 Å². The Labute approximate surface area is 122 Å². The molecule has 0 aliphatic rings. The Morgan fingerprint density at radius 2 is 2.20 bits per heavy atom. The molecular weight excluding hydrogens is 310 g/mol. The number of nitrogens with one attached hydrogen (secondary N) is 1. The minimum atomic E-state index is -0.917. The van der Waals surface area contributed by atoms with Gasteiger partial charge in [-0.25, -0.2) is 13.8 Å². The predicted molar refractivity (Wildman–Crippen MR) is 72.7 cm³/mol. The Morgan fingerprint density at radius 1 is 1.45 bits per heavy atom. The lowest BCUT2D eigenvalue weighted by atomic mass is 10.2. The summed E-state index contributed by atoms with van der Waals surface area (Å²) >= 11 is 6.93. The topological polar surface area (TPSA) is 62.2 Å². The van der Waals surface area contributed by atoms with Crippen LogP contribution in [0.15, 0.2) is 17.5 Å². The molecule has 0 amide bonds. The van der Waals surface area contributed by atoms with E-state index in [0.717, 1.165) is 6.07 Å². The van der Waals surface area contributed by atoms with E-state index in [1.54, 1.807) is 5.38 Å².